The minimum Gasteiger partial charge on any atom is -0.452 e. The van der Waals surface area contributed by atoms with E-state index >= 15 is 0 Å². The maximum atomic E-state index is 12.6. The van der Waals surface area contributed by atoms with E-state index in [0.29, 0.717) is 17.7 Å². The third-order valence-corrected chi connectivity index (χ3v) is 3.93. The van der Waals surface area contributed by atoms with Crippen LogP contribution in [0.4, 0.5) is 8.78 Å². The van der Waals surface area contributed by atoms with Crippen molar-refractivity contribution in [2.24, 2.45) is 0 Å². The molecule has 3 rings (SSSR count). The van der Waals surface area contributed by atoms with Crippen LogP contribution in [-0.2, 0) is 11.3 Å². The van der Waals surface area contributed by atoms with Crippen LogP contribution >= 0.6 is 11.8 Å². The number of benzene rings is 2. The maximum absolute atomic E-state index is 12.6. The van der Waals surface area contributed by atoms with Crippen LogP contribution in [0.5, 0.6) is 0 Å². The lowest BCUT2D eigenvalue weighted by Crippen LogP contribution is -2.07. The van der Waals surface area contributed by atoms with Crippen LogP contribution in [0.2, 0.25) is 0 Å². The number of ether oxygens (including phenoxy) is 1. The molecule has 0 amide bonds. The third kappa shape index (κ3) is 4.42. The molecule has 0 aliphatic heterocycles. The molecule has 1 heterocycles. The molecular weight excluding hydrogens is 350 g/mol. The average Bonchev–Trinajstić information content (AvgIpc) is 3.09. The van der Waals surface area contributed by atoms with E-state index in [9.17, 15) is 13.6 Å². The van der Waals surface area contributed by atoms with Crippen molar-refractivity contribution in [2.75, 3.05) is 0 Å². The van der Waals surface area contributed by atoms with Crippen LogP contribution in [0.1, 0.15) is 16.2 Å². The first-order valence-corrected chi connectivity index (χ1v) is 8.10. The Balaban J connectivity index is 1.66. The van der Waals surface area contributed by atoms with Gasteiger partial charge in [0, 0.05) is 10.5 Å². The molecule has 0 aliphatic rings. The average molecular weight is 362 g/mol. The van der Waals surface area contributed by atoms with E-state index in [-0.39, 0.29) is 23.0 Å². The van der Waals surface area contributed by atoms with Crippen molar-refractivity contribution < 1.29 is 22.7 Å². The lowest BCUT2D eigenvalue weighted by Gasteiger charge is -2.07. The van der Waals surface area contributed by atoms with Crippen molar-refractivity contribution in [1.29, 1.82) is 0 Å². The summed E-state index contributed by atoms with van der Waals surface area (Å²) in [6.07, 6.45) is 0. The molecular formula is C17H12F2N2O3S. The zero-order valence-electron chi connectivity index (χ0n) is 12.8. The van der Waals surface area contributed by atoms with E-state index in [1.807, 2.05) is 18.2 Å². The van der Waals surface area contributed by atoms with Gasteiger partial charge in [-0.25, -0.2) is 4.79 Å². The summed E-state index contributed by atoms with van der Waals surface area (Å²) in [5.41, 5.74) is 0.807. The number of aromatic nitrogens is 2. The van der Waals surface area contributed by atoms with Gasteiger partial charge in [0.05, 0.1) is 5.56 Å². The summed E-state index contributed by atoms with van der Waals surface area (Å²) in [6.45, 7) is -0.244. The van der Waals surface area contributed by atoms with Gasteiger partial charge in [-0.15, -0.1) is 10.2 Å². The van der Waals surface area contributed by atoms with E-state index in [1.54, 1.807) is 24.3 Å². The van der Waals surface area contributed by atoms with Gasteiger partial charge in [-0.3, -0.25) is 0 Å². The molecule has 0 saturated heterocycles. The fourth-order valence-electron chi connectivity index (χ4n) is 2.05. The predicted molar refractivity (Wildman–Crippen MR) is 87.2 cm³/mol. The van der Waals surface area contributed by atoms with Gasteiger partial charge in [-0.05, 0) is 24.3 Å². The molecule has 0 atom stereocenters. The maximum Gasteiger partial charge on any atom is 0.339 e. The highest BCUT2D eigenvalue weighted by atomic mass is 32.2. The summed E-state index contributed by atoms with van der Waals surface area (Å²) >= 11 is 0.291. The summed E-state index contributed by atoms with van der Waals surface area (Å²) in [5.74, 6) is -2.94. The summed E-state index contributed by atoms with van der Waals surface area (Å²) < 4.78 is 35.6. The number of carbonyl (C=O) groups excluding carboxylic acids is 1. The second-order valence-electron chi connectivity index (χ2n) is 4.82. The molecule has 0 unspecified atom stereocenters. The van der Waals surface area contributed by atoms with E-state index < -0.39 is 11.7 Å². The Morgan fingerprint density at radius 2 is 1.80 bits per heavy atom. The van der Waals surface area contributed by atoms with Crippen LogP contribution < -0.4 is 0 Å². The summed E-state index contributed by atoms with van der Waals surface area (Å²) in [5, 5.41) is 7.69. The molecule has 128 valence electrons. The molecule has 25 heavy (non-hydrogen) atoms. The number of esters is 1. The Bertz CT molecular complexity index is 856. The first-order chi connectivity index (χ1) is 12.1. The number of thioether (sulfide) groups is 1. The van der Waals surface area contributed by atoms with Crippen LogP contribution in [0.15, 0.2) is 63.9 Å². The fraction of sp³-hybridized carbons (Fsp3) is 0.118. The van der Waals surface area contributed by atoms with Crippen LogP contribution in [-0.4, -0.2) is 21.9 Å². The molecule has 0 N–H and O–H groups in total. The van der Waals surface area contributed by atoms with Crippen LogP contribution in [0, 0.1) is 0 Å². The number of rotatable bonds is 6. The fourth-order valence-corrected chi connectivity index (χ4v) is 2.68. The van der Waals surface area contributed by atoms with E-state index in [0.717, 1.165) is 5.56 Å². The number of alkyl halides is 2. The van der Waals surface area contributed by atoms with E-state index in [4.69, 9.17) is 9.15 Å². The van der Waals surface area contributed by atoms with Crippen molar-refractivity contribution in [1.82, 2.24) is 10.2 Å². The molecule has 0 bridgehead atoms. The quantitative estimate of drug-likeness (QED) is 0.478. The van der Waals surface area contributed by atoms with Gasteiger partial charge >= 0.3 is 5.97 Å². The minimum atomic E-state index is -2.63. The van der Waals surface area contributed by atoms with E-state index in [2.05, 4.69) is 10.2 Å². The topological polar surface area (TPSA) is 65.2 Å². The number of carbonyl (C=O) groups is 1. The minimum absolute atomic E-state index is 0.0654. The lowest BCUT2D eigenvalue weighted by atomic mass is 10.2. The molecule has 0 spiro atoms. The molecule has 8 heteroatoms. The van der Waals surface area contributed by atoms with Gasteiger partial charge in [-0.1, -0.05) is 42.1 Å². The zero-order valence-corrected chi connectivity index (χ0v) is 13.6. The molecule has 0 saturated carbocycles. The van der Waals surface area contributed by atoms with Gasteiger partial charge in [0.2, 0.25) is 5.89 Å². The first-order valence-electron chi connectivity index (χ1n) is 7.22. The molecule has 1 aromatic heterocycles. The Labute approximate surface area is 146 Å². The van der Waals surface area contributed by atoms with Crippen LogP contribution in [0.3, 0.4) is 0 Å². The Morgan fingerprint density at radius 3 is 2.56 bits per heavy atom. The Morgan fingerprint density at radius 1 is 1.08 bits per heavy atom. The highest BCUT2D eigenvalue weighted by Crippen LogP contribution is 2.29. The van der Waals surface area contributed by atoms with E-state index in [1.165, 1.54) is 12.1 Å². The second-order valence-corrected chi connectivity index (χ2v) is 5.85. The molecule has 0 fully saturated rings. The highest BCUT2D eigenvalue weighted by Gasteiger charge is 2.17. The summed E-state index contributed by atoms with van der Waals surface area (Å²) in [4.78, 5) is 12.3. The number of halogens is 2. The molecule has 3 aromatic rings. The van der Waals surface area contributed by atoms with Gasteiger partial charge in [-0.2, -0.15) is 8.78 Å². The summed E-state index contributed by atoms with van der Waals surface area (Å²) in [7, 11) is 0. The van der Waals surface area contributed by atoms with Crippen molar-refractivity contribution in [3.8, 4) is 11.5 Å². The molecule has 0 aliphatic carbocycles. The Kier molecular flexibility index (Phi) is 5.39. The lowest BCUT2D eigenvalue weighted by molar-refractivity contribution is 0.0434. The normalized spacial score (nSPS) is 10.8. The van der Waals surface area contributed by atoms with Crippen molar-refractivity contribution in [3.63, 3.8) is 0 Å². The molecule has 5 nitrogen and oxygen atoms in total. The van der Waals surface area contributed by atoms with Gasteiger partial charge in [0.1, 0.15) is 0 Å². The first kappa shape index (κ1) is 17.1. The number of hydrogen-bond donors (Lipinski definition) is 0. The van der Waals surface area contributed by atoms with Gasteiger partial charge in [0.15, 0.2) is 6.61 Å². The molecule has 2 aromatic carbocycles. The smallest absolute Gasteiger partial charge is 0.339 e. The third-order valence-electron chi connectivity index (χ3n) is 3.14. The predicted octanol–water partition coefficient (Wildman–Crippen LogP) is 4.41. The summed E-state index contributed by atoms with van der Waals surface area (Å²) in [6, 6.07) is 15.1. The standard InChI is InChI=1S/C17H12F2N2O3S/c18-17(19)25-13-9-5-4-8-12(13)16(22)23-10-14-20-21-15(24-14)11-6-2-1-3-7-11/h1-9,17H,10H2. The second kappa shape index (κ2) is 7.89. The monoisotopic (exact) mass is 362 g/mol. The van der Waals surface area contributed by atoms with Crippen molar-refractivity contribution >= 4 is 17.7 Å². The highest BCUT2D eigenvalue weighted by molar-refractivity contribution is 7.99. The zero-order chi connectivity index (χ0) is 17.6. The van der Waals surface area contributed by atoms with Crippen molar-refractivity contribution in [3.05, 3.63) is 66.1 Å². The van der Waals surface area contributed by atoms with Gasteiger partial charge < -0.3 is 9.15 Å². The number of hydrogen-bond acceptors (Lipinski definition) is 6. The number of nitrogens with zero attached hydrogens (tertiary/aromatic N) is 2. The Hall–Kier alpha value is -2.74. The van der Waals surface area contributed by atoms with Gasteiger partial charge in [0.25, 0.3) is 11.6 Å². The molecule has 0 radical (unpaired) electrons. The van der Waals surface area contributed by atoms with Crippen LogP contribution in [0.25, 0.3) is 11.5 Å². The van der Waals surface area contributed by atoms with Crippen molar-refractivity contribution in [2.45, 2.75) is 17.3 Å². The SMILES string of the molecule is O=C(OCc1nnc(-c2ccccc2)o1)c1ccccc1SC(F)F. The largest absolute Gasteiger partial charge is 0.452 e.